The molecule has 0 amide bonds. The molecule has 1 aliphatic rings. The van der Waals surface area contributed by atoms with Gasteiger partial charge in [0.2, 0.25) is 5.78 Å². The third-order valence-corrected chi connectivity index (χ3v) is 6.61. The quantitative estimate of drug-likeness (QED) is 0.570. The van der Waals surface area contributed by atoms with Crippen molar-refractivity contribution in [3.63, 3.8) is 0 Å². The fraction of sp³-hybridized carbons (Fsp3) is 0.409. The van der Waals surface area contributed by atoms with E-state index in [0.717, 1.165) is 29.9 Å². The summed E-state index contributed by atoms with van der Waals surface area (Å²) < 4.78 is 5.63. The molecular formula is C22H25N3O3S. The van der Waals surface area contributed by atoms with Gasteiger partial charge in [-0.25, -0.2) is 9.97 Å². The van der Waals surface area contributed by atoms with E-state index in [1.807, 2.05) is 30.5 Å². The SMILES string of the molecule is Cc1ccc(Cc2csc(C(=O)c3cncnc3N[C@@H]3C[C@H](CO)[C@@H](C)C3)c2)o1. The van der Waals surface area contributed by atoms with Crippen molar-refractivity contribution in [2.45, 2.75) is 39.2 Å². The second-order valence-corrected chi connectivity index (χ2v) is 8.77. The minimum atomic E-state index is -0.0790. The number of furan rings is 1. The predicted molar refractivity (Wildman–Crippen MR) is 112 cm³/mol. The zero-order chi connectivity index (χ0) is 20.4. The van der Waals surface area contributed by atoms with Crippen molar-refractivity contribution >= 4 is 22.9 Å². The maximum atomic E-state index is 13.1. The summed E-state index contributed by atoms with van der Waals surface area (Å²) in [5.74, 6) is 3.00. The Morgan fingerprint density at radius 1 is 1.38 bits per heavy atom. The highest BCUT2D eigenvalue weighted by molar-refractivity contribution is 7.12. The number of aliphatic hydroxyl groups excluding tert-OH is 1. The molecule has 3 aromatic heterocycles. The van der Waals surface area contributed by atoms with Gasteiger partial charge in [0, 0.05) is 25.3 Å². The van der Waals surface area contributed by atoms with E-state index in [1.165, 1.54) is 17.7 Å². The van der Waals surface area contributed by atoms with Gasteiger partial charge in [-0.15, -0.1) is 11.3 Å². The highest BCUT2D eigenvalue weighted by Crippen LogP contribution is 2.33. The average Bonchev–Trinajstić information content (AvgIpc) is 3.42. The van der Waals surface area contributed by atoms with Crippen LogP contribution >= 0.6 is 11.3 Å². The molecular weight excluding hydrogens is 386 g/mol. The normalized spacial score (nSPS) is 21.4. The number of hydrogen-bond acceptors (Lipinski definition) is 7. The van der Waals surface area contributed by atoms with Crippen LogP contribution in [0.4, 0.5) is 5.82 Å². The largest absolute Gasteiger partial charge is 0.466 e. The van der Waals surface area contributed by atoms with E-state index in [1.54, 1.807) is 6.20 Å². The molecule has 0 radical (unpaired) electrons. The Labute approximate surface area is 174 Å². The zero-order valence-corrected chi connectivity index (χ0v) is 17.4. The number of nitrogens with zero attached hydrogens (tertiary/aromatic N) is 2. The summed E-state index contributed by atoms with van der Waals surface area (Å²) in [6.07, 6.45) is 5.53. The molecule has 0 saturated heterocycles. The summed E-state index contributed by atoms with van der Waals surface area (Å²) in [6, 6.07) is 6.02. The number of anilines is 1. The summed E-state index contributed by atoms with van der Waals surface area (Å²) in [4.78, 5) is 22.2. The molecule has 1 saturated carbocycles. The smallest absolute Gasteiger partial charge is 0.208 e. The highest BCUT2D eigenvalue weighted by atomic mass is 32.1. The van der Waals surface area contributed by atoms with E-state index in [9.17, 15) is 9.90 Å². The van der Waals surface area contributed by atoms with Crippen LogP contribution in [0.2, 0.25) is 0 Å². The van der Waals surface area contributed by atoms with Gasteiger partial charge < -0.3 is 14.8 Å². The number of carbonyl (C=O) groups excluding carboxylic acids is 1. The molecule has 0 aliphatic heterocycles. The minimum Gasteiger partial charge on any atom is -0.466 e. The summed E-state index contributed by atoms with van der Waals surface area (Å²) in [6.45, 7) is 4.27. The van der Waals surface area contributed by atoms with E-state index in [2.05, 4.69) is 22.2 Å². The molecule has 6 nitrogen and oxygen atoms in total. The lowest BCUT2D eigenvalue weighted by Crippen LogP contribution is -2.19. The standard InChI is InChI=1S/C22H25N3O3S/c1-13-5-17(8-16(13)10-26)25-22-19(9-23-12-24-22)21(27)20-7-15(11-29-20)6-18-4-3-14(2)28-18/h3-4,7,9,11-13,16-17,26H,5-6,8,10H2,1-2H3,(H,23,24,25)/t13-,16+,17-/m0/s1. The first-order chi connectivity index (χ1) is 14.0. The third-order valence-electron chi connectivity index (χ3n) is 5.63. The average molecular weight is 412 g/mol. The number of nitrogens with one attached hydrogen (secondary N) is 1. The number of aliphatic hydroxyl groups is 1. The first kappa shape index (κ1) is 19.8. The summed E-state index contributed by atoms with van der Waals surface area (Å²) in [7, 11) is 0. The van der Waals surface area contributed by atoms with Crippen LogP contribution in [0.5, 0.6) is 0 Å². The number of aryl methyl sites for hydroxylation is 1. The van der Waals surface area contributed by atoms with Crippen LogP contribution < -0.4 is 5.32 Å². The van der Waals surface area contributed by atoms with Gasteiger partial charge in [-0.2, -0.15) is 0 Å². The summed E-state index contributed by atoms with van der Waals surface area (Å²) in [5, 5.41) is 14.9. The number of aromatic nitrogens is 2. The molecule has 0 spiro atoms. The van der Waals surface area contributed by atoms with E-state index in [-0.39, 0.29) is 18.4 Å². The lowest BCUT2D eigenvalue weighted by atomic mass is 10.00. The van der Waals surface area contributed by atoms with E-state index in [0.29, 0.717) is 34.5 Å². The van der Waals surface area contributed by atoms with Crippen LogP contribution in [0.3, 0.4) is 0 Å². The number of ketones is 1. The molecule has 3 heterocycles. The molecule has 3 atom stereocenters. The molecule has 0 unspecified atom stereocenters. The van der Waals surface area contributed by atoms with Crippen LogP contribution in [0.15, 0.2) is 40.5 Å². The van der Waals surface area contributed by atoms with E-state index in [4.69, 9.17) is 4.42 Å². The fourth-order valence-electron chi connectivity index (χ4n) is 4.01. The Balaban J connectivity index is 1.49. The third kappa shape index (κ3) is 4.41. The molecule has 3 aromatic rings. The number of thiophene rings is 1. The number of rotatable bonds is 7. The minimum absolute atomic E-state index is 0.0790. The molecule has 4 rings (SSSR count). The van der Waals surface area contributed by atoms with Gasteiger partial charge in [-0.3, -0.25) is 4.79 Å². The highest BCUT2D eigenvalue weighted by Gasteiger charge is 2.31. The maximum absolute atomic E-state index is 13.1. The summed E-state index contributed by atoms with van der Waals surface area (Å²) >= 11 is 1.43. The predicted octanol–water partition coefficient (Wildman–Crippen LogP) is 4.08. The van der Waals surface area contributed by atoms with Crippen LogP contribution in [0.25, 0.3) is 0 Å². The molecule has 0 aromatic carbocycles. The molecule has 152 valence electrons. The van der Waals surface area contributed by atoms with Crippen LogP contribution in [0.1, 0.15) is 52.1 Å². The second-order valence-electron chi connectivity index (χ2n) is 7.86. The Hall–Kier alpha value is -2.51. The topological polar surface area (TPSA) is 88.2 Å². The van der Waals surface area contributed by atoms with Gasteiger partial charge in [0.1, 0.15) is 23.7 Å². The number of carbonyl (C=O) groups is 1. The molecule has 1 fully saturated rings. The van der Waals surface area contributed by atoms with Gasteiger partial charge in [-0.05, 0) is 60.7 Å². The van der Waals surface area contributed by atoms with E-state index < -0.39 is 0 Å². The second kappa shape index (κ2) is 8.47. The van der Waals surface area contributed by atoms with Crippen molar-refractivity contribution in [1.29, 1.82) is 0 Å². The van der Waals surface area contributed by atoms with Crippen molar-refractivity contribution in [2.24, 2.45) is 11.8 Å². The van der Waals surface area contributed by atoms with Gasteiger partial charge in [-0.1, -0.05) is 6.92 Å². The van der Waals surface area contributed by atoms with Crippen LogP contribution in [-0.2, 0) is 6.42 Å². The fourth-order valence-corrected chi connectivity index (χ4v) is 4.88. The Morgan fingerprint density at radius 2 is 2.24 bits per heavy atom. The van der Waals surface area contributed by atoms with Crippen molar-refractivity contribution < 1.29 is 14.3 Å². The van der Waals surface area contributed by atoms with Gasteiger partial charge >= 0.3 is 0 Å². The lowest BCUT2D eigenvalue weighted by molar-refractivity contribution is 0.104. The van der Waals surface area contributed by atoms with Crippen LogP contribution in [-0.4, -0.2) is 33.5 Å². The Bertz CT molecular complexity index is 997. The molecule has 29 heavy (non-hydrogen) atoms. The lowest BCUT2D eigenvalue weighted by Gasteiger charge is -2.15. The molecule has 1 aliphatic carbocycles. The van der Waals surface area contributed by atoms with Crippen molar-refractivity contribution in [3.05, 3.63) is 63.6 Å². The zero-order valence-electron chi connectivity index (χ0n) is 16.6. The van der Waals surface area contributed by atoms with Gasteiger partial charge in [0.05, 0.1) is 10.4 Å². The number of hydrogen-bond donors (Lipinski definition) is 2. The Kier molecular flexibility index (Phi) is 5.78. The first-order valence-electron chi connectivity index (χ1n) is 9.88. The molecule has 7 heteroatoms. The first-order valence-corrected chi connectivity index (χ1v) is 10.8. The maximum Gasteiger partial charge on any atom is 0.208 e. The Morgan fingerprint density at radius 3 is 2.97 bits per heavy atom. The van der Waals surface area contributed by atoms with Crippen LogP contribution in [0, 0.1) is 18.8 Å². The van der Waals surface area contributed by atoms with Gasteiger partial charge in [0.25, 0.3) is 0 Å². The van der Waals surface area contributed by atoms with E-state index >= 15 is 0 Å². The summed E-state index contributed by atoms with van der Waals surface area (Å²) in [5.41, 5.74) is 1.53. The monoisotopic (exact) mass is 411 g/mol. The molecule has 0 bridgehead atoms. The van der Waals surface area contributed by atoms with Crippen molar-refractivity contribution in [1.82, 2.24) is 9.97 Å². The van der Waals surface area contributed by atoms with Gasteiger partial charge in [0.15, 0.2) is 0 Å². The molecule has 2 N–H and O–H groups in total. The van der Waals surface area contributed by atoms with Crippen molar-refractivity contribution in [2.75, 3.05) is 11.9 Å². The van der Waals surface area contributed by atoms with Crippen molar-refractivity contribution in [3.8, 4) is 0 Å².